The van der Waals surface area contributed by atoms with E-state index in [4.69, 9.17) is 0 Å². The molecule has 9 heteroatoms. The maximum atomic E-state index is 12.8. The maximum Gasteiger partial charge on any atom is 0.239 e. The third-order valence-electron chi connectivity index (χ3n) is 5.02. The fourth-order valence-electron chi connectivity index (χ4n) is 3.17. The average molecular weight is 465 g/mol. The van der Waals surface area contributed by atoms with E-state index < -0.39 is 0 Å². The van der Waals surface area contributed by atoms with Gasteiger partial charge in [0.25, 0.3) is 0 Å². The zero-order chi connectivity index (χ0) is 22.5. The molecule has 3 aromatic heterocycles. The number of hydrogen-bond acceptors (Lipinski definition) is 7. The van der Waals surface area contributed by atoms with Gasteiger partial charge in [-0.25, -0.2) is 4.98 Å². The summed E-state index contributed by atoms with van der Waals surface area (Å²) in [5.74, 6) is 0.650. The Balaban J connectivity index is 1.43. The second-order valence-electron chi connectivity index (χ2n) is 7.12. The predicted molar refractivity (Wildman–Crippen MR) is 130 cm³/mol. The summed E-state index contributed by atoms with van der Waals surface area (Å²) in [5, 5.41) is 14.5. The SMILES string of the molecule is CCc1ccc(-c2csc(NC(=O)[C@H](C)Sc3nnc(-c4ccncc4)n3CC)n2)cc1. The summed E-state index contributed by atoms with van der Waals surface area (Å²) in [4.78, 5) is 21.4. The van der Waals surface area contributed by atoms with E-state index in [1.54, 1.807) is 12.4 Å². The number of carbonyl (C=O) groups is 1. The number of aromatic nitrogens is 5. The van der Waals surface area contributed by atoms with Crippen LogP contribution in [0.1, 0.15) is 26.3 Å². The fraction of sp³-hybridized carbons (Fsp3) is 0.261. The van der Waals surface area contributed by atoms with Crippen LogP contribution >= 0.6 is 23.1 Å². The van der Waals surface area contributed by atoms with Crippen LogP contribution in [0.5, 0.6) is 0 Å². The molecule has 0 fully saturated rings. The third-order valence-corrected chi connectivity index (χ3v) is 6.85. The van der Waals surface area contributed by atoms with Crippen molar-refractivity contribution in [3.63, 3.8) is 0 Å². The van der Waals surface area contributed by atoms with E-state index in [2.05, 4.69) is 56.7 Å². The van der Waals surface area contributed by atoms with Crippen LogP contribution in [-0.2, 0) is 17.8 Å². The molecule has 0 saturated heterocycles. The van der Waals surface area contributed by atoms with Crippen LogP contribution in [0.3, 0.4) is 0 Å². The second kappa shape index (κ2) is 10.1. The standard InChI is InChI=1S/C23H24N6OS2/c1-4-16-6-8-17(9-7-16)19-14-31-22(25-19)26-21(30)15(3)32-23-28-27-20(29(23)5-2)18-10-12-24-13-11-18/h6-15H,4-5H2,1-3H3,(H,25,26,30)/t15-/m0/s1. The van der Waals surface area contributed by atoms with Gasteiger partial charge in [0.1, 0.15) is 0 Å². The lowest BCUT2D eigenvalue weighted by atomic mass is 10.1. The molecule has 0 aliphatic heterocycles. The van der Waals surface area contributed by atoms with E-state index in [1.165, 1.54) is 28.7 Å². The molecule has 0 aliphatic carbocycles. The molecule has 1 atom stereocenters. The summed E-state index contributed by atoms with van der Waals surface area (Å²) in [6.45, 7) is 6.73. The highest BCUT2D eigenvalue weighted by molar-refractivity contribution is 8.00. The van der Waals surface area contributed by atoms with Gasteiger partial charge in [0.15, 0.2) is 16.1 Å². The molecule has 0 radical (unpaired) electrons. The Hall–Kier alpha value is -3.04. The first-order valence-electron chi connectivity index (χ1n) is 10.4. The fourth-order valence-corrected chi connectivity index (χ4v) is 4.80. The van der Waals surface area contributed by atoms with Crippen molar-refractivity contribution in [3.8, 4) is 22.6 Å². The van der Waals surface area contributed by atoms with E-state index in [9.17, 15) is 4.79 Å². The number of carbonyl (C=O) groups excluding carboxylic acids is 1. The van der Waals surface area contributed by atoms with E-state index >= 15 is 0 Å². The smallest absolute Gasteiger partial charge is 0.239 e. The van der Waals surface area contributed by atoms with E-state index in [1.807, 2.05) is 35.9 Å². The van der Waals surface area contributed by atoms with Gasteiger partial charge < -0.3 is 9.88 Å². The van der Waals surface area contributed by atoms with Crippen molar-refractivity contribution in [3.05, 3.63) is 59.7 Å². The van der Waals surface area contributed by atoms with Gasteiger partial charge in [0.05, 0.1) is 10.9 Å². The number of hydrogen-bond donors (Lipinski definition) is 1. The van der Waals surface area contributed by atoms with E-state index in [-0.39, 0.29) is 11.2 Å². The quantitative estimate of drug-likeness (QED) is 0.362. The van der Waals surface area contributed by atoms with Crippen LogP contribution in [-0.4, -0.2) is 35.9 Å². The Bertz CT molecular complexity index is 1190. The van der Waals surface area contributed by atoms with Gasteiger partial charge in [-0.05, 0) is 38.0 Å². The minimum absolute atomic E-state index is 0.117. The zero-order valence-electron chi connectivity index (χ0n) is 18.1. The maximum absolute atomic E-state index is 12.8. The number of rotatable bonds is 8. The number of amides is 1. The van der Waals surface area contributed by atoms with Crippen LogP contribution < -0.4 is 5.32 Å². The highest BCUT2D eigenvalue weighted by Crippen LogP contribution is 2.29. The minimum atomic E-state index is -0.356. The first-order chi connectivity index (χ1) is 15.6. The number of anilines is 1. The number of thiazole rings is 1. The molecule has 0 saturated carbocycles. The average Bonchev–Trinajstić information content (AvgIpc) is 3.46. The van der Waals surface area contributed by atoms with Crippen LogP contribution in [0, 0.1) is 0 Å². The van der Waals surface area contributed by atoms with Crippen molar-refractivity contribution in [1.29, 1.82) is 0 Å². The summed E-state index contributed by atoms with van der Waals surface area (Å²) in [7, 11) is 0. The van der Waals surface area contributed by atoms with E-state index in [0.29, 0.717) is 16.8 Å². The van der Waals surface area contributed by atoms with Gasteiger partial charge in [-0.15, -0.1) is 21.5 Å². The summed E-state index contributed by atoms with van der Waals surface area (Å²) < 4.78 is 2.01. The largest absolute Gasteiger partial charge is 0.302 e. The third kappa shape index (κ3) is 4.89. The molecule has 4 rings (SSSR count). The van der Waals surface area contributed by atoms with Crippen molar-refractivity contribution in [1.82, 2.24) is 24.7 Å². The number of pyridine rings is 1. The first kappa shape index (κ1) is 22.2. The van der Waals surface area contributed by atoms with Gasteiger partial charge >= 0.3 is 0 Å². The Kier molecular flexibility index (Phi) is 6.96. The van der Waals surface area contributed by atoms with Crippen molar-refractivity contribution in [2.45, 2.75) is 44.1 Å². The normalized spacial score (nSPS) is 12.0. The van der Waals surface area contributed by atoms with Crippen LogP contribution in [0.2, 0.25) is 0 Å². The highest BCUT2D eigenvalue weighted by atomic mass is 32.2. The number of aryl methyl sites for hydroxylation is 1. The summed E-state index contributed by atoms with van der Waals surface area (Å²) >= 11 is 2.81. The molecule has 0 unspecified atom stereocenters. The lowest BCUT2D eigenvalue weighted by molar-refractivity contribution is -0.115. The lowest BCUT2D eigenvalue weighted by Crippen LogP contribution is -2.22. The second-order valence-corrected chi connectivity index (χ2v) is 9.29. The molecule has 0 bridgehead atoms. The molecule has 3 heterocycles. The molecule has 32 heavy (non-hydrogen) atoms. The molecule has 1 aromatic carbocycles. The van der Waals surface area contributed by atoms with E-state index in [0.717, 1.165) is 29.1 Å². The number of thioether (sulfide) groups is 1. The minimum Gasteiger partial charge on any atom is -0.302 e. The van der Waals surface area contributed by atoms with Gasteiger partial charge in [-0.1, -0.05) is 43.0 Å². The van der Waals surface area contributed by atoms with Gasteiger partial charge in [0.2, 0.25) is 5.91 Å². The Morgan fingerprint density at radius 2 is 1.84 bits per heavy atom. The Labute approximate surface area is 195 Å². The van der Waals surface area contributed by atoms with Gasteiger partial charge in [0, 0.05) is 35.4 Å². The number of benzene rings is 1. The molecule has 0 aliphatic rings. The van der Waals surface area contributed by atoms with Crippen LogP contribution in [0.4, 0.5) is 5.13 Å². The predicted octanol–water partition coefficient (Wildman–Crippen LogP) is 5.17. The number of nitrogens with zero attached hydrogens (tertiary/aromatic N) is 5. The summed E-state index contributed by atoms with van der Waals surface area (Å²) in [5.41, 5.74) is 4.14. The van der Waals surface area contributed by atoms with Gasteiger partial charge in [-0.2, -0.15) is 0 Å². The molecule has 164 valence electrons. The monoisotopic (exact) mass is 464 g/mol. The molecule has 0 spiro atoms. The molecule has 1 amide bonds. The molecule has 1 N–H and O–H groups in total. The van der Waals surface area contributed by atoms with Crippen LogP contribution in [0.15, 0.2) is 59.3 Å². The van der Waals surface area contributed by atoms with Crippen molar-refractivity contribution in [2.75, 3.05) is 5.32 Å². The molecule has 7 nitrogen and oxygen atoms in total. The first-order valence-corrected chi connectivity index (χ1v) is 12.2. The van der Waals surface area contributed by atoms with Crippen molar-refractivity contribution in [2.24, 2.45) is 0 Å². The molecular formula is C23H24N6OS2. The zero-order valence-corrected chi connectivity index (χ0v) is 19.8. The van der Waals surface area contributed by atoms with Crippen LogP contribution in [0.25, 0.3) is 22.6 Å². The number of nitrogens with one attached hydrogen (secondary N) is 1. The van der Waals surface area contributed by atoms with Crippen molar-refractivity contribution >= 4 is 34.1 Å². The van der Waals surface area contributed by atoms with Crippen molar-refractivity contribution < 1.29 is 4.79 Å². The topological polar surface area (TPSA) is 85.6 Å². The Morgan fingerprint density at radius 1 is 1.09 bits per heavy atom. The molecular weight excluding hydrogens is 440 g/mol. The highest BCUT2D eigenvalue weighted by Gasteiger charge is 2.21. The van der Waals surface area contributed by atoms with Gasteiger partial charge in [-0.3, -0.25) is 9.78 Å². The molecule has 4 aromatic rings. The Morgan fingerprint density at radius 3 is 2.53 bits per heavy atom. The lowest BCUT2D eigenvalue weighted by Gasteiger charge is -2.11. The summed E-state index contributed by atoms with van der Waals surface area (Å²) in [6, 6.07) is 12.1. The summed E-state index contributed by atoms with van der Waals surface area (Å²) in [6.07, 6.45) is 4.46.